The van der Waals surface area contributed by atoms with E-state index in [-0.39, 0.29) is 11.9 Å². The van der Waals surface area contributed by atoms with Crippen LogP contribution in [-0.2, 0) is 0 Å². The second kappa shape index (κ2) is 9.86. The fourth-order valence-electron chi connectivity index (χ4n) is 2.81. The number of aryl methyl sites for hydroxylation is 1. The monoisotopic (exact) mass is 371 g/mol. The fourth-order valence-corrected chi connectivity index (χ4v) is 2.81. The molecule has 0 radical (unpaired) electrons. The molecule has 0 aliphatic heterocycles. The van der Waals surface area contributed by atoms with Crippen LogP contribution in [0.3, 0.4) is 0 Å². The summed E-state index contributed by atoms with van der Waals surface area (Å²) in [6, 6.07) is 11.0. The second-order valence-corrected chi connectivity index (χ2v) is 6.18. The van der Waals surface area contributed by atoms with Gasteiger partial charge in [0.1, 0.15) is 5.75 Å². The Bertz CT molecular complexity index is 773. The van der Waals surface area contributed by atoms with Crippen LogP contribution in [0.2, 0.25) is 0 Å². The Hall–Kier alpha value is -2.69. The first-order valence-corrected chi connectivity index (χ1v) is 9.43. The van der Waals surface area contributed by atoms with E-state index in [2.05, 4.69) is 5.32 Å². The first-order chi connectivity index (χ1) is 13.0. The quantitative estimate of drug-likeness (QED) is 0.695. The maximum Gasteiger partial charge on any atom is 0.251 e. The lowest BCUT2D eigenvalue weighted by molar-refractivity contribution is 0.0939. The van der Waals surface area contributed by atoms with Crippen LogP contribution in [0.25, 0.3) is 0 Å². The molecule has 5 nitrogen and oxygen atoms in total. The standard InChI is InChI=1S/C22H29NO4/c1-6-25-19-11-10-18(13-15(19)4)22(24)23-16(5)17-9-12-20(26-7-2)21(14-17)27-8-3/h9-14,16H,6-8H2,1-5H3,(H,23,24)/t16-/m0/s1. The minimum Gasteiger partial charge on any atom is -0.494 e. The zero-order valence-electron chi connectivity index (χ0n) is 16.8. The van der Waals surface area contributed by atoms with Crippen LogP contribution >= 0.6 is 0 Å². The van der Waals surface area contributed by atoms with Crippen molar-refractivity contribution in [3.8, 4) is 17.2 Å². The highest BCUT2D eigenvalue weighted by Gasteiger charge is 2.15. The molecule has 0 aliphatic rings. The molecule has 0 aromatic heterocycles. The van der Waals surface area contributed by atoms with Crippen LogP contribution in [0.4, 0.5) is 0 Å². The van der Waals surface area contributed by atoms with Crippen LogP contribution < -0.4 is 19.5 Å². The van der Waals surface area contributed by atoms with Gasteiger partial charge in [0.05, 0.1) is 25.9 Å². The summed E-state index contributed by atoms with van der Waals surface area (Å²) in [7, 11) is 0. The number of amides is 1. The van der Waals surface area contributed by atoms with E-state index in [0.29, 0.717) is 36.9 Å². The van der Waals surface area contributed by atoms with Crippen molar-refractivity contribution in [3.05, 3.63) is 53.1 Å². The molecule has 0 saturated heterocycles. The summed E-state index contributed by atoms with van der Waals surface area (Å²) in [6.45, 7) is 11.4. The van der Waals surface area contributed by atoms with Crippen LogP contribution in [0.5, 0.6) is 17.2 Å². The number of hydrogen-bond donors (Lipinski definition) is 1. The highest BCUT2D eigenvalue weighted by molar-refractivity contribution is 5.94. The summed E-state index contributed by atoms with van der Waals surface area (Å²) in [5.41, 5.74) is 2.51. The van der Waals surface area contributed by atoms with E-state index in [0.717, 1.165) is 16.9 Å². The topological polar surface area (TPSA) is 56.8 Å². The number of hydrogen-bond acceptors (Lipinski definition) is 4. The highest BCUT2D eigenvalue weighted by atomic mass is 16.5. The number of benzene rings is 2. The molecular weight excluding hydrogens is 342 g/mol. The lowest BCUT2D eigenvalue weighted by Crippen LogP contribution is -2.26. The predicted octanol–water partition coefficient (Wildman–Crippen LogP) is 4.68. The molecule has 1 amide bonds. The fraction of sp³-hybridized carbons (Fsp3) is 0.409. The lowest BCUT2D eigenvalue weighted by Gasteiger charge is -2.18. The van der Waals surface area contributed by atoms with E-state index in [9.17, 15) is 4.79 Å². The average Bonchev–Trinajstić information content (AvgIpc) is 2.65. The van der Waals surface area contributed by atoms with Crippen molar-refractivity contribution in [1.29, 1.82) is 0 Å². The second-order valence-electron chi connectivity index (χ2n) is 6.18. The van der Waals surface area contributed by atoms with Gasteiger partial charge in [-0.15, -0.1) is 0 Å². The third-order valence-electron chi connectivity index (χ3n) is 4.15. The van der Waals surface area contributed by atoms with Gasteiger partial charge in [0.2, 0.25) is 0 Å². The molecule has 0 bridgehead atoms. The molecule has 0 heterocycles. The Balaban J connectivity index is 2.14. The SMILES string of the molecule is CCOc1ccc(C(=O)N[C@@H](C)c2ccc(OCC)c(OCC)c2)cc1C. The van der Waals surface area contributed by atoms with E-state index < -0.39 is 0 Å². The highest BCUT2D eigenvalue weighted by Crippen LogP contribution is 2.31. The molecule has 0 saturated carbocycles. The van der Waals surface area contributed by atoms with Gasteiger partial charge in [-0.2, -0.15) is 0 Å². The zero-order valence-corrected chi connectivity index (χ0v) is 16.8. The van der Waals surface area contributed by atoms with Crippen molar-refractivity contribution in [2.75, 3.05) is 19.8 Å². The summed E-state index contributed by atoms with van der Waals surface area (Å²) in [6.07, 6.45) is 0. The first-order valence-electron chi connectivity index (χ1n) is 9.43. The molecule has 2 aromatic carbocycles. The maximum absolute atomic E-state index is 12.6. The smallest absolute Gasteiger partial charge is 0.251 e. The van der Waals surface area contributed by atoms with Gasteiger partial charge in [0.15, 0.2) is 11.5 Å². The van der Waals surface area contributed by atoms with Crippen molar-refractivity contribution < 1.29 is 19.0 Å². The molecular formula is C22H29NO4. The minimum absolute atomic E-state index is 0.125. The predicted molar refractivity (Wildman–Crippen MR) is 107 cm³/mol. The van der Waals surface area contributed by atoms with Crippen LogP contribution in [0.15, 0.2) is 36.4 Å². The van der Waals surface area contributed by atoms with E-state index in [4.69, 9.17) is 14.2 Å². The lowest BCUT2D eigenvalue weighted by atomic mass is 10.1. The van der Waals surface area contributed by atoms with Crippen LogP contribution in [0, 0.1) is 6.92 Å². The molecule has 27 heavy (non-hydrogen) atoms. The molecule has 0 unspecified atom stereocenters. The van der Waals surface area contributed by atoms with Gasteiger partial charge in [-0.25, -0.2) is 0 Å². The molecule has 1 N–H and O–H groups in total. The minimum atomic E-state index is -0.167. The molecule has 0 fully saturated rings. The normalized spacial score (nSPS) is 11.6. The largest absolute Gasteiger partial charge is 0.494 e. The van der Waals surface area contributed by atoms with Crippen molar-refractivity contribution in [2.24, 2.45) is 0 Å². The Morgan fingerprint density at radius 1 is 0.889 bits per heavy atom. The number of rotatable bonds is 9. The van der Waals surface area contributed by atoms with Gasteiger partial charge in [0.25, 0.3) is 5.91 Å². The Morgan fingerprint density at radius 2 is 1.48 bits per heavy atom. The van der Waals surface area contributed by atoms with Crippen molar-refractivity contribution in [1.82, 2.24) is 5.32 Å². The summed E-state index contributed by atoms with van der Waals surface area (Å²) < 4.78 is 16.8. The molecule has 2 rings (SSSR count). The zero-order chi connectivity index (χ0) is 19.8. The van der Waals surface area contributed by atoms with Crippen molar-refractivity contribution in [2.45, 2.75) is 40.7 Å². The van der Waals surface area contributed by atoms with E-state index in [1.807, 2.05) is 65.0 Å². The van der Waals surface area contributed by atoms with Gasteiger partial charge in [-0.05, 0) is 76.1 Å². The van der Waals surface area contributed by atoms with Crippen molar-refractivity contribution in [3.63, 3.8) is 0 Å². The average molecular weight is 371 g/mol. The molecule has 0 spiro atoms. The van der Waals surface area contributed by atoms with Crippen LogP contribution in [0.1, 0.15) is 55.2 Å². The summed E-state index contributed by atoms with van der Waals surface area (Å²) >= 11 is 0. The third-order valence-corrected chi connectivity index (χ3v) is 4.15. The number of carbonyl (C=O) groups excluding carboxylic acids is 1. The number of nitrogens with one attached hydrogen (secondary N) is 1. The van der Waals surface area contributed by atoms with Gasteiger partial charge in [-0.3, -0.25) is 4.79 Å². The number of carbonyl (C=O) groups is 1. The molecule has 1 atom stereocenters. The summed E-state index contributed by atoms with van der Waals surface area (Å²) in [5, 5.41) is 3.04. The molecule has 0 aliphatic carbocycles. The van der Waals surface area contributed by atoms with E-state index >= 15 is 0 Å². The van der Waals surface area contributed by atoms with Gasteiger partial charge in [0, 0.05) is 5.56 Å². The van der Waals surface area contributed by atoms with Gasteiger partial charge >= 0.3 is 0 Å². The van der Waals surface area contributed by atoms with Gasteiger partial charge in [-0.1, -0.05) is 6.07 Å². The van der Waals surface area contributed by atoms with Crippen molar-refractivity contribution >= 4 is 5.91 Å². The Morgan fingerprint density at radius 3 is 2.11 bits per heavy atom. The van der Waals surface area contributed by atoms with Gasteiger partial charge < -0.3 is 19.5 Å². The summed E-state index contributed by atoms with van der Waals surface area (Å²) in [4.78, 5) is 12.6. The van der Waals surface area contributed by atoms with E-state index in [1.165, 1.54) is 0 Å². The molecule has 2 aromatic rings. The summed E-state index contributed by atoms with van der Waals surface area (Å²) in [5.74, 6) is 2.08. The Kier molecular flexibility index (Phi) is 7.53. The number of ether oxygens (including phenoxy) is 3. The Labute approximate surface area is 161 Å². The van der Waals surface area contributed by atoms with Crippen LogP contribution in [-0.4, -0.2) is 25.7 Å². The first kappa shape index (κ1) is 20.6. The third kappa shape index (κ3) is 5.39. The molecule has 146 valence electrons. The molecule has 5 heteroatoms. The van der Waals surface area contributed by atoms with E-state index in [1.54, 1.807) is 6.07 Å². The maximum atomic E-state index is 12.6.